The van der Waals surface area contributed by atoms with E-state index >= 15 is 0 Å². The van der Waals surface area contributed by atoms with Crippen LogP contribution in [0.25, 0.3) is 11.6 Å². The van der Waals surface area contributed by atoms with Gasteiger partial charge in [-0.3, -0.25) is 0 Å². The van der Waals surface area contributed by atoms with Crippen LogP contribution in [0.4, 0.5) is 5.82 Å². The first-order valence-electron chi connectivity index (χ1n) is 4.61. The summed E-state index contributed by atoms with van der Waals surface area (Å²) >= 11 is 2.20. The van der Waals surface area contributed by atoms with Crippen LogP contribution in [0.2, 0.25) is 0 Å². The van der Waals surface area contributed by atoms with E-state index in [0.717, 1.165) is 15.9 Å². The number of nitrogens with one attached hydrogen (secondary N) is 1. The third kappa shape index (κ3) is 2.28. The lowest BCUT2D eigenvalue weighted by atomic mass is 10.4. The highest BCUT2D eigenvalue weighted by atomic mass is 127. The van der Waals surface area contributed by atoms with Crippen LogP contribution >= 0.6 is 22.6 Å². The fourth-order valence-corrected chi connectivity index (χ4v) is 1.63. The van der Waals surface area contributed by atoms with E-state index in [1.165, 1.54) is 0 Å². The van der Waals surface area contributed by atoms with Crippen LogP contribution in [0.1, 0.15) is 6.92 Å². The summed E-state index contributed by atoms with van der Waals surface area (Å²) in [6.45, 7) is 2.87. The van der Waals surface area contributed by atoms with Gasteiger partial charge in [-0.25, -0.2) is 9.97 Å². The molecule has 0 atom stereocenters. The van der Waals surface area contributed by atoms with Crippen LogP contribution in [0.15, 0.2) is 29.0 Å². The van der Waals surface area contributed by atoms with Gasteiger partial charge in [0.25, 0.3) is 0 Å². The molecule has 0 radical (unpaired) electrons. The van der Waals surface area contributed by atoms with Gasteiger partial charge in [0.2, 0.25) is 0 Å². The summed E-state index contributed by atoms with van der Waals surface area (Å²) in [5.41, 5.74) is 0. The average Bonchev–Trinajstić information content (AvgIpc) is 2.75. The summed E-state index contributed by atoms with van der Waals surface area (Å²) in [6.07, 6.45) is 3.40. The standard InChI is InChI=1S/C10H10IN3O/c1-2-12-9-7(11)6-13-10(14-9)8-4-3-5-15-8/h3-6H,2H2,1H3,(H,12,13,14). The fourth-order valence-electron chi connectivity index (χ4n) is 1.18. The molecule has 0 saturated carbocycles. The Balaban J connectivity index is 2.38. The maximum atomic E-state index is 5.24. The van der Waals surface area contributed by atoms with E-state index in [1.807, 2.05) is 19.1 Å². The van der Waals surface area contributed by atoms with Crippen molar-refractivity contribution in [3.63, 3.8) is 0 Å². The van der Waals surface area contributed by atoms with Gasteiger partial charge in [-0.2, -0.15) is 0 Å². The summed E-state index contributed by atoms with van der Waals surface area (Å²) in [5.74, 6) is 2.14. The Bertz CT molecular complexity index is 442. The summed E-state index contributed by atoms with van der Waals surface area (Å²) < 4.78 is 6.24. The highest BCUT2D eigenvalue weighted by molar-refractivity contribution is 14.1. The van der Waals surface area contributed by atoms with Crippen molar-refractivity contribution in [1.82, 2.24) is 9.97 Å². The second-order valence-corrected chi connectivity index (χ2v) is 4.06. The summed E-state index contributed by atoms with van der Waals surface area (Å²) in [6, 6.07) is 3.67. The number of hydrogen-bond acceptors (Lipinski definition) is 4. The minimum absolute atomic E-state index is 0.608. The van der Waals surface area contributed by atoms with Crippen LogP contribution in [-0.2, 0) is 0 Å². The molecule has 15 heavy (non-hydrogen) atoms. The fraction of sp³-hybridized carbons (Fsp3) is 0.200. The van der Waals surface area contributed by atoms with Crippen molar-refractivity contribution in [1.29, 1.82) is 0 Å². The zero-order valence-corrected chi connectivity index (χ0v) is 10.4. The van der Waals surface area contributed by atoms with Crippen LogP contribution in [0.5, 0.6) is 0 Å². The predicted octanol–water partition coefficient (Wildman–Crippen LogP) is 2.77. The number of anilines is 1. The number of nitrogens with zero attached hydrogens (tertiary/aromatic N) is 2. The van der Waals surface area contributed by atoms with Crippen LogP contribution in [0.3, 0.4) is 0 Å². The highest BCUT2D eigenvalue weighted by Gasteiger charge is 2.07. The molecule has 0 spiro atoms. The minimum atomic E-state index is 0.608. The molecular formula is C10H10IN3O. The molecule has 2 rings (SSSR count). The van der Waals surface area contributed by atoms with Gasteiger partial charge < -0.3 is 9.73 Å². The van der Waals surface area contributed by atoms with E-state index < -0.39 is 0 Å². The molecule has 5 heteroatoms. The first-order chi connectivity index (χ1) is 7.31. The van der Waals surface area contributed by atoms with Gasteiger partial charge >= 0.3 is 0 Å². The third-order valence-electron chi connectivity index (χ3n) is 1.83. The summed E-state index contributed by atoms with van der Waals surface area (Å²) in [5, 5.41) is 3.18. The second kappa shape index (κ2) is 4.61. The van der Waals surface area contributed by atoms with Crippen molar-refractivity contribution >= 4 is 28.4 Å². The van der Waals surface area contributed by atoms with Crippen molar-refractivity contribution in [3.8, 4) is 11.6 Å². The SMILES string of the molecule is CCNc1nc(-c2ccco2)ncc1I. The van der Waals surface area contributed by atoms with Crippen molar-refractivity contribution in [2.45, 2.75) is 6.92 Å². The molecule has 0 amide bonds. The Morgan fingerprint density at radius 2 is 2.40 bits per heavy atom. The van der Waals surface area contributed by atoms with E-state index in [1.54, 1.807) is 12.5 Å². The molecule has 0 aliphatic carbocycles. The molecule has 2 aromatic heterocycles. The van der Waals surface area contributed by atoms with Gasteiger partial charge in [0, 0.05) is 12.7 Å². The first kappa shape index (κ1) is 10.4. The summed E-state index contributed by atoms with van der Waals surface area (Å²) in [7, 11) is 0. The highest BCUT2D eigenvalue weighted by Crippen LogP contribution is 2.20. The van der Waals surface area contributed by atoms with Crippen molar-refractivity contribution < 1.29 is 4.42 Å². The van der Waals surface area contributed by atoms with E-state index in [2.05, 4.69) is 37.9 Å². The van der Waals surface area contributed by atoms with Gasteiger partial charge in [-0.1, -0.05) is 0 Å². The summed E-state index contributed by atoms with van der Waals surface area (Å²) in [4.78, 5) is 8.59. The minimum Gasteiger partial charge on any atom is -0.461 e. The van der Waals surface area contributed by atoms with E-state index in [9.17, 15) is 0 Å². The lowest BCUT2D eigenvalue weighted by Crippen LogP contribution is -2.03. The number of aromatic nitrogens is 2. The average molecular weight is 315 g/mol. The van der Waals surface area contributed by atoms with Gasteiger partial charge in [0.05, 0.1) is 9.83 Å². The van der Waals surface area contributed by atoms with E-state index in [-0.39, 0.29) is 0 Å². The molecular weight excluding hydrogens is 305 g/mol. The maximum Gasteiger partial charge on any atom is 0.197 e. The van der Waals surface area contributed by atoms with Crippen molar-refractivity contribution in [2.75, 3.05) is 11.9 Å². The molecule has 0 aliphatic rings. The van der Waals surface area contributed by atoms with E-state index in [0.29, 0.717) is 11.6 Å². The van der Waals surface area contributed by atoms with Gasteiger partial charge in [0.15, 0.2) is 11.6 Å². The maximum absolute atomic E-state index is 5.24. The van der Waals surface area contributed by atoms with Crippen molar-refractivity contribution in [3.05, 3.63) is 28.2 Å². The quantitative estimate of drug-likeness (QED) is 0.885. The lowest BCUT2D eigenvalue weighted by Gasteiger charge is -2.05. The van der Waals surface area contributed by atoms with Gasteiger partial charge in [0.1, 0.15) is 5.82 Å². The van der Waals surface area contributed by atoms with E-state index in [4.69, 9.17) is 4.42 Å². The molecule has 4 nitrogen and oxygen atoms in total. The molecule has 0 fully saturated rings. The molecule has 78 valence electrons. The molecule has 0 saturated heterocycles. The second-order valence-electron chi connectivity index (χ2n) is 2.90. The molecule has 1 N–H and O–H groups in total. The number of rotatable bonds is 3. The zero-order chi connectivity index (χ0) is 10.7. The van der Waals surface area contributed by atoms with Crippen LogP contribution in [-0.4, -0.2) is 16.5 Å². The molecule has 0 unspecified atom stereocenters. The van der Waals surface area contributed by atoms with Gasteiger partial charge in [-0.15, -0.1) is 0 Å². The monoisotopic (exact) mass is 315 g/mol. The number of hydrogen-bond donors (Lipinski definition) is 1. The van der Waals surface area contributed by atoms with Crippen LogP contribution in [0, 0.1) is 3.57 Å². The molecule has 0 bridgehead atoms. The smallest absolute Gasteiger partial charge is 0.197 e. The zero-order valence-electron chi connectivity index (χ0n) is 8.20. The Hall–Kier alpha value is -1.11. The number of halogens is 1. The predicted molar refractivity (Wildman–Crippen MR) is 66.6 cm³/mol. The molecule has 2 heterocycles. The Morgan fingerprint density at radius 3 is 3.07 bits per heavy atom. The van der Waals surface area contributed by atoms with Crippen LogP contribution < -0.4 is 5.32 Å². The molecule has 0 aromatic carbocycles. The topological polar surface area (TPSA) is 51.0 Å². The van der Waals surface area contributed by atoms with Gasteiger partial charge in [-0.05, 0) is 41.6 Å². The normalized spacial score (nSPS) is 10.3. The largest absolute Gasteiger partial charge is 0.461 e. The molecule has 2 aromatic rings. The Labute approximate surface area is 101 Å². The Kier molecular flexibility index (Phi) is 3.20. The van der Waals surface area contributed by atoms with Crippen molar-refractivity contribution in [2.24, 2.45) is 0 Å². The Morgan fingerprint density at radius 1 is 1.53 bits per heavy atom. The molecule has 0 aliphatic heterocycles. The lowest BCUT2D eigenvalue weighted by molar-refractivity contribution is 0.577. The number of furan rings is 1. The first-order valence-corrected chi connectivity index (χ1v) is 5.69. The third-order valence-corrected chi connectivity index (χ3v) is 2.62.